The molecule has 6 nitrogen and oxygen atoms in total. The minimum atomic E-state index is -3.81. The van der Waals surface area contributed by atoms with Gasteiger partial charge in [0.25, 0.3) is 0 Å². The Labute approximate surface area is 174 Å². The van der Waals surface area contributed by atoms with Crippen LogP contribution in [0.3, 0.4) is 0 Å². The number of anilines is 1. The summed E-state index contributed by atoms with van der Waals surface area (Å²) in [6, 6.07) is 8.42. The van der Waals surface area contributed by atoms with E-state index in [9.17, 15) is 17.6 Å². The molecule has 1 N–H and O–H groups in total. The largest absolute Gasteiger partial charge is 0.495 e. The van der Waals surface area contributed by atoms with Gasteiger partial charge in [-0.1, -0.05) is 17.7 Å². The monoisotopic (exact) mass is 440 g/mol. The van der Waals surface area contributed by atoms with Crippen molar-refractivity contribution < 1.29 is 22.3 Å². The van der Waals surface area contributed by atoms with Crippen molar-refractivity contribution in [2.45, 2.75) is 24.7 Å². The summed E-state index contributed by atoms with van der Waals surface area (Å²) >= 11 is 6.07. The molecule has 0 spiro atoms. The zero-order valence-corrected chi connectivity index (χ0v) is 17.7. The van der Waals surface area contributed by atoms with Crippen LogP contribution in [0.1, 0.15) is 18.4 Å². The number of ether oxygens (including phenoxy) is 1. The number of halogens is 2. The molecule has 3 rings (SSSR count). The van der Waals surface area contributed by atoms with Crippen molar-refractivity contribution in [2.75, 3.05) is 25.5 Å². The summed E-state index contributed by atoms with van der Waals surface area (Å²) in [4.78, 5) is 12.7. The van der Waals surface area contributed by atoms with Gasteiger partial charge in [0, 0.05) is 18.8 Å². The molecule has 2 aromatic rings. The van der Waals surface area contributed by atoms with Gasteiger partial charge in [0.2, 0.25) is 15.9 Å². The number of benzene rings is 2. The third-order valence-corrected chi connectivity index (χ3v) is 7.13. The van der Waals surface area contributed by atoms with E-state index in [0.717, 1.165) is 5.56 Å². The Morgan fingerprint density at radius 1 is 1.28 bits per heavy atom. The van der Waals surface area contributed by atoms with E-state index in [4.69, 9.17) is 16.3 Å². The number of piperidine rings is 1. The van der Waals surface area contributed by atoms with E-state index < -0.39 is 21.8 Å². The van der Waals surface area contributed by atoms with Gasteiger partial charge in [0.15, 0.2) is 0 Å². The lowest BCUT2D eigenvalue weighted by atomic mass is 9.98. The normalized spacial score (nSPS) is 17.7. The van der Waals surface area contributed by atoms with Gasteiger partial charge in [-0.15, -0.1) is 0 Å². The average Bonchev–Trinajstić information content (AvgIpc) is 2.70. The molecule has 0 aromatic heterocycles. The molecule has 29 heavy (non-hydrogen) atoms. The van der Waals surface area contributed by atoms with Crippen LogP contribution in [0.4, 0.5) is 10.1 Å². The first-order valence-corrected chi connectivity index (χ1v) is 10.9. The van der Waals surface area contributed by atoms with E-state index in [-0.39, 0.29) is 22.4 Å². The van der Waals surface area contributed by atoms with Crippen LogP contribution >= 0.6 is 11.6 Å². The summed E-state index contributed by atoms with van der Waals surface area (Å²) in [7, 11) is -2.36. The Morgan fingerprint density at radius 3 is 2.72 bits per heavy atom. The van der Waals surface area contributed by atoms with Gasteiger partial charge in [-0.25, -0.2) is 12.8 Å². The van der Waals surface area contributed by atoms with Crippen molar-refractivity contribution in [3.63, 3.8) is 0 Å². The highest BCUT2D eigenvalue weighted by Gasteiger charge is 2.33. The lowest BCUT2D eigenvalue weighted by Crippen LogP contribution is -2.43. The Bertz CT molecular complexity index is 1030. The van der Waals surface area contributed by atoms with E-state index in [1.165, 1.54) is 41.7 Å². The van der Waals surface area contributed by atoms with Crippen LogP contribution in [-0.2, 0) is 14.8 Å². The third kappa shape index (κ3) is 4.71. The fraction of sp³-hybridized carbons (Fsp3) is 0.350. The van der Waals surface area contributed by atoms with E-state index in [0.29, 0.717) is 30.8 Å². The van der Waals surface area contributed by atoms with Gasteiger partial charge >= 0.3 is 0 Å². The van der Waals surface area contributed by atoms with Crippen LogP contribution in [0.25, 0.3) is 0 Å². The second kappa shape index (κ2) is 8.69. The average molecular weight is 441 g/mol. The van der Waals surface area contributed by atoms with Crippen LogP contribution in [-0.4, -0.2) is 38.8 Å². The number of hydrogen-bond donors (Lipinski definition) is 1. The number of aryl methyl sites for hydroxylation is 1. The maximum atomic E-state index is 13.5. The first-order chi connectivity index (χ1) is 13.7. The minimum absolute atomic E-state index is 0.0466. The van der Waals surface area contributed by atoms with Gasteiger partial charge < -0.3 is 10.1 Å². The molecule has 1 atom stereocenters. The standard InChI is InChI=1S/C20H22ClFN2O4S/c1-13-5-6-15(22)10-18(13)23-20(25)14-4-3-9-24(12-14)29(26,27)16-7-8-19(28-2)17(21)11-16/h5-8,10-11,14H,3-4,9,12H2,1-2H3,(H,23,25)/t14-/m0/s1. The molecule has 0 bridgehead atoms. The molecule has 0 saturated carbocycles. The summed E-state index contributed by atoms with van der Waals surface area (Å²) in [6.07, 6.45) is 1.10. The molecule has 1 saturated heterocycles. The molecule has 1 aliphatic rings. The molecule has 2 aromatic carbocycles. The van der Waals surface area contributed by atoms with Crippen molar-refractivity contribution in [1.82, 2.24) is 4.31 Å². The number of carbonyl (C=O) groups excluding carboxylic acids is 1. The Morgan fingerprint density at radius 2 is 2.03 bits per heavy atom. The highest BCUT2D eigenvalue weighted by molar-refractivity contribution is 7.89. The topological polar surface area (TPSA) is 75.7 Å². The van der Waals surface area contributed by atoms with E-state index >= 15 is 0 Å². The van der Waals surface area contributed by atoms with Crippen molar-refractivity contribution in [2.24, 2.45) is 5.92 Å². The summed E-state index contributed by atoms with van der Waals surface area (Å²) in [5.74, 6) is -0.927. The molecule has 0 aliphatic carbocycles. The van der Waals surface area contributed by atoms with Crippen LogP contribution in [0.15, 0.2) is 41.3 Å². The number of methoxy groups -OCH3 is 1. The first-order valence-electron chi connectivity index (χ1n) is 9.13. The SMILES string of the molecule is COc1ccc(S(=O)(=O)N2CCC[C@H](C(=O)Nc3cc(F)ccc3C)C2)cc1Cl. The zero-order valence-electron chi connectivity index (χ0n) is 16.1. The Kier molecular flexibility index (Phi) is 6.45. The number of nitrogens with one attached hydrogen (secondary N) is 1. The zero-order chi connectivity index (χ0) is 21.2. The third-order valence-electron chi connectivity index (χ3n) is 4.97. The fourth-order valence-electron chi connectivity index (χ4n) is 3.30. The van der Waals surface area contributed by atoms with Crippen molar-refractivity contribution in [3.05, 3.63) is 52.8 Å². The van der Waals surface area contributed by atoms with Gasteiger partial charge in [0.1, 0.15) is 11.6 Å². The van der Waals surface area contributed by atoms with Crippen molar-refractivity contribution in [1.29, 1.82) is 0 Å². The van der Waals surface area contributed by atoms with Gasteiger partial charge in [0.05, 0.1) is 22.9 Å². The second-order valence-electron chi connectivity index (χ2n) is 6.95. The predicted octanol–water partition coefficient (Wildman–Crippen LogP) is 3.84. The Balaban J connectivity index is 1.76. The number of carbonyl (C=O) groups is 1. The molecule has 156 valence electrons. The number of sulfonamides is 1. The van der Waals surface area contributed by atoms with Crippen molar-refractivity contribution in [3.8, 4) is 5.75 Å². The smallest absolute Gasteiger partial charge is 0.243 e. The molecule has 1 amide bonds. The highest BCUT2D eigenvalue weighted by atomic mass is 35.5. The van der Waals surface area contributed by atoms with Crippen LogP contribution in [0.2, 0.25) is 5.02 Å². The lowest BCUT2D eigenvalue weighted by Gasteiger charge is -2.31. The quantitative estimate of drug-likeness (QED) is 0.766. The second-order valence-corrected chi connectivity index (χ2v) is 9.29. The molecule has 1 fully saturated rings. The molecule has 0 unspecified atom stereocenters. The molecular formula is C20H22ClFN2O4S. The molecule has 0 radical (unpaired) electrons. The summed E-state index contributed by atoms with van der Waals surface area (Å²) < 4.78 is 45.8. The fourth-order valence-corrected chi connectivity index (χ4v) is 5.17. The lowest BCUT2D eigenvalue weighted by molar-refractivity contribution is -0.120. The minimum Gasteiger partial charge on any atom is -0.495 e. The van der Waals surface area contributed by atoms with Crippen LogP contribution in [0, 0.1) is 18.7 Å². The highest BCUT2D eigenvalue weighted by Crippen LogP contribution is 2.30. The van der Waals surface area contributed by atoms with Crippen LogP contribution in [0.5, 0.6) is 5.75 Å². The predicted molar refractivity (Wildman–Crippen MR) is 109 cm³/mol. The van der Waals surface area contributed by atoms with Gasteiger partial charge in [-0.2, -0.15) is 4.31 Å². The first kappa shape index (κ1) is 21.5. The van der Waals surface area contributed by atoms with Gasteiger partial charge in [-0.3, -0.25) is 4.79 Å². The maximum absolute atomic E-state index is 13.5. The Hall–Kier alpha value is -2.16. The molecular weight excluding hydrogens is 419 g/mol. The number of amides is 1. The van der Waals surface area contributed by atoms with Crippen LogP contribution < -0.4 is 10.1 Å². The maximum Gasteiger partial charge on any atom is 0.243 e. The number of hydrogen-bond acceptors (Lipinski definition) is 4. The summed E-state index contributed by atoms with van der Waals surface area (Å²) in [6.45, 7) is 2.13. The summed E-state index contributed by atoms with van der Waals surface area (Å²) in [5, 5.41) is 2.91. The van der Waals surface area contributed by atoms with Gasteiger partial charge in [-0.05, 0) is 55.7 Å². The van der Waals surface area contributed by atoms with E-state index in [2.05, 4.69) is 5.32 Å². The van der Waals surface area contributed by atoms with E-state index in [1.807, 2.05) is 0 Å². The molecule has 1 heterocycles. The summed E-state index contributed by atoms with van der Waals surface area (Å²) in [5.41, 5.74) is 1.12. The molecule has 9 heteroatoms. The molecule has 1 aliphatic heterocycles. The number of nitrogens with zero attached hydrogens (tertiary/aromatic N) is 1. The van der Waals surface area contributed by atoms with E-state index in [1.54, 1.807) is 13.0 Å². The number of rotatable bonds is 5. The van der Waals surface area contributed by atoms with Crippen molar-refractivity contribution >= 4 is 33.2 Å².